The molecular weight excluding hydrogens is 276 g/mol. The molecule has 0 atom stereocenters. The number of anilines is 2. The maximum absolute atomic E-state index is 11.8. The van der Waals surface area contributed by atoms with Crippen LogP contribution in [0.3, 0.4) is 0 Å². The van der Waals surface area contributed by atoms with E-state index in [4.69, 9.17) is 16.3 Å². The van der Waals surface area contributed by atoms with E-state index < -0.39 is 0 Å². The highest BCUT2D eigenvalue weighted by Gasteiger charge is 2.03. The molecule has 20 heavy (non-hydrogen) atoms. The molecule has 0 aliphatic heterocycles. The molecule has 0 aliphatic rings. The number of amides is 1. The highest BCUT2D eigenvalue weighted by Crippen LogP contribution is 2.17. The number of carbonyl (C=O) groups excluding carboxylic acids is 1. The van der Waals surface area contributed by atoms with Crippen molar-refractivity contribution in [3.8, 4) is 5.75 Å². The van der Waals surface area contributed by atoms with E-state index in [2.05, 4.69) is 10.6 Å². The van der Waals surface area contributed by atoms with Gasteiger partial charge in [-0.05, 0) is 30.3 Å². The fourth-order valence-corrected chi connectivity index (χ4v) is 1.88. The second kappa shape index (κ2) is 6.82. The van der Waals surface area contributed by atoms with Crippen LogP contribution in [0.2, 0.25) is 5.02 Å². The molecule has 2 N–H and O–H groups in total. The van der Waals surface area contributed by atoms with Gasteiger partial charge in [-0.1, -0.05) is 23.7 Å². The van der Waals surface area contributed by atoms with Crippen molar-refractivity contribution in [3.63, 3.8) is 0 Å². The summed E-state index contributed by atoms with van der Waals surface area (Å²) in [5.41, 5.74) is 1.50. The number of halogens is 1. The normalized spacial score (nSPS) is 9.90. The largest absolute Gasteiger partial charge is 0.497 e. The van der Waals surface area contributed by atoms with E-state index in [1.54, 1.807) is 31.4 Å². The minimum absolute atomic E-state index is 0.143. The zero-order valence-corrected chi connectivity index (χ0v) is 11.8. The second-order valence-electron chi connectivity index (χ2n) is 4.14. The molecule has 0 radical (unpaired) electrons. The van der Waals surface area contributed by atoms with Crippen LogP contribution in [-0.2, 0) is 4.79 Å². The molecule has 1 amide bonds. The van der Waals surface area contributed by atoms with Gasteiger partial charge in [0.25, 0.3) is 0 Å². The predicted octanol–water partition coefficient (Wildman–Crippen LogP) is 3.40. The topological polar surface area (TPSA) is 50.4 Å². The average molecular weight is 291 g/mol. The number of carbonyl (C=O) groups is 1. The lowest BCUT2D eigenvalue weighted by atomic mass is 10.3. The maximum atomic E-state index is 11.8. The Morgan fingerprint density at radius 2 is 1.90 bits per heavy atom. The van der Waals surface area contributed by atoms with Crippen LogP contribution in [0.4, 0.5) is 11.4 Å². The molecule has 0 unspecified atom stereocenters. The lowest BCUT2D eigenvalue weighted by Crippen LogP contribution is -2.21. The summed E-state index contributed by atoms with van der Waals surface area (Å²) in [5.74, 6) is 0.598. The first-order valence-corrected chi connectivity index (χ1v) is 6.48. The molecule has 0 aliphatic carbocycles. The third-order valence-electron chi connectivity index (χ3n) is 2.63. The van der Waals surface area contributed by atoms with Gasteiger partial charge in [0.15, 0.2) is 0 Å². The zero-order chi connectivity index (χ0) is 14.4. The molecule has 0 fully saturated rings. The molecule has 4 nitrogen and oxygen atoms in total. The summed E-state index contributed by atoms with van der Waals surface area (Å²) in [7, 11) is 1.60. The summed E-state index contributed by atoms with van der Waals surface area (Å²) in [6, 6.07) is 14.4. The van der Waals surface area contributed by atoms with Gasteiger partial charge in [-0.2, -0.15) is 0 Å². The van der Waals surface area contributed by atoms with E-state index in [9.17, 15) is 4.79 Å². The Labute approximate surface area is 122 Å². The average Bonchev–Trinajstić information content (AvgIpc) is 2.45. The quantitative estimate of drug-likeness (QED) is 0.887. The molecule has 0 heterocycles. The Hall–Kier alpha value is -2.20. The van der Waals surface area contributed by atoms with Gasteiger partial charge < -0.3 is 15.4 Å². The molecule has 104 valence electrons. The van der Waals surface area contributed by atoms with Gasteiger partial charge in [-0.3, -0.25) is 4.79 Å². The minimum atomic E-state index is -0.143. The monoisotopic (exact) mass is 290 g/mol. The van der Waals surface area contributed by atoms with Crippen LogP contribution in [0, 0.1) is 0 Å². The summed E-state index contributed by atoms with van der Waals surface area (Å²) in [4.78, 5) is 11.8. The standard InChI is InChI=1S/C15H15ClN2O2/c1-20-14-7-3-5-12(9-14)17-10-15(19)18-13-6-2-4-11(16)8-13/h2-9,17H,10H2,1H3,(H,18,19). The fraction of sp³-hybridized carbons (Fsp3) is 0.133. The van der Waals surface area contributed by atoms with Crippen LogP contribution in [-0.4, -0.2) is 19.6 Å². The molecule has 2 rings (SSSR count). The Kier molecular flexibility index (Phi) is 4.85. The lowest BCUT2D eigenvalue weighted by Gasteiger charge is -2.09. The fourth-order valence-electron chi connectivity index (χ4n) is 1.69. The third kappa shape index (κ3) is 4.17. The molecule has 0 aromatic heterocycles. The molecule has 5 heteroatoms. The predicted molar refractivity (Wildman–Crippen MR) is 81.6 cm³/mol. The van der Waals surface area contributed by atoms with Crippen molar-refractivity contribution < 1.29 is 9.53 Å². The number of ether oxygens (including phenoxy) is 1. The zero-order valence-electron chi connectivity index (χ0n) is 11.0. The number of hydrogen-bond acceptors (Lipinski definition) is 3. The van der Waals surface area contributed by atoms with Crippen LogP contribution in [0.1, 0.15) is 0 Å². The second-order valence-corrected chi connectivity index (χ2v) is 4.58. The summed E-state index contributed by atoms with van der Waals surface area (Å²) in [6.45, 7) is 0.166. The summed E-state index contributed by atoms with van der Waals surface area (Å²) in [6.07, 6.45) is 0. The van der Waals surface area contributed by atoms with E-state index in [1.807, 2.05) is 24.3 Å². The third-order valence-corrected chi connectivity index (χ3v) is 2.87. The van der Waals surface area contributed by atoms with Crippen molar-refractivity contribution in [2.75, 3.05) is 24.3 Å². The van der Waals surface area contributed by atoms with Crippen LogP contribution >= 0.6 is 11.6 Å². The number of hydrogen-bond donors (Lipinski definition) is 2. The molecule has 0 saturated heterocycles. The van der Waals surface area contributed by atoms with E-state index in [0.29, 0.717) is 10.7 Å². The van der Waals surface area contributed by atoms with Crippen molar-refractivity contribution in [3.05, 3.63) is 53.6 Å². The highest BCUT2D eigenvalue weighted by molar-refractivity contribution is 6.30. The first-order valence-electron chi connectivity index (χ1n) is 6.11. The van der Waals surface area contributed by atoms with Gasteiger partial charge in [0.1, 0.15) is 5.75 Å². The van der Waals surface area contributed by atoms with E-state index in [-0.39, 0.29) is 12.5 Å². The first kappa shape index (κ1) is 14.2. The molecule has 0 saturated carbocycles. The lowest BCUT2D eigenvalue weighted by molar-refractivity contribution is -0.114. The van der Waals surface area contributed by atoms with E-state index >= 15 is 0 Å². The van der Waals surface area contributed by atoms with E-state index in [1.165, 1.54) is 0 Å². The smallest absolute Gasteiger partial charge is 0.243 e. The summed E-state index contributed by atoms with van der Waals surface area (Å²) >= 11 is 5.85. The van der Waals surface area contributed by atoms with Gasteiger partial charge in [-0.25, -0.2) is 0 Å². The Morgan fingerprint density at radius 3 is 2.65 bits per heavy atom. The van der Waals surface area contributed by atoms with Crippen molar-refractivity contribution in [2.45, 2.75) is 0 Å². The highest BCUT2D eigenvalue weighted by atomic mass is 35.5. The molecule has 2 aromatic rings. The van der Waals surface area contributed by atoms with Crippen molar-refractivity contribution >= 4 is 28.9 Å². The SMILES string of the molecule is COc1cccc(NCC(=O)Nc2cccc(Cl)c2)c1. The number of nitrogens with one attached hydrogen (secondary N) is 2. The van der Waals surface area contributed by atoms with Crippen LogP contribution in [0.25, 0.3) is 0 Å². The molecule has 0 bridgehead atoms. The first-order chi connectivity index (χ1) is 9.67. The van der Waals surface area contributed by atoms with Gasteiger partial charge in [0.2, 0.25) is 5.91 Å². The van der Waals surface area contributed by atoms with Gasteiger partial charge in [0.05, 0.1) is 13.7 Å². The van der Waals surface area contributed by atoms with Crippen LogP contribution in [0.15, 0.2) is 48.5 Å². The molecule has 0 spiro atoms. The summed E-state index contributed by atoms with van der Waals surface area (Å²) in [5, 5.41) is 6.38. The Morgan fingerprint density at radius 1 is 1.15 bits per heavy atom. The Bertz CT molecular complexity index is 602. The molecule has 2 aromatic carbocycles. The van der Waals surface area contributed by atoms with Crippen molar-refractivity contribution in [2.24, 2.45) is 0 Å². The van der Waals surface area contributed by atoms with Gasteiger partial charge in [0, 0.05) is 22.5 Å². The number of methoxy groups -OCH3 is 1. The van der Waals surface area contributed by atoms with Crippen LogP contribution in [0.5, 0.6) is 5.75 Å². The minimum Gasteiger partial charge on any atom is -0.497 e. The van der Waals surface area contributed by atoms with Gasteiger partial charge in [-0.15, -0.1) is 0 Å². The van der Waals surface area contributed by atoms with Crippen LogP contribution < -0.4 is 15.4 Å². The Balaban J connectivity index is 1.88. The van der Waals surface area contributed by atoms with Crippen molar-refractivity contribution in [1.82, 2.24) is 0 Å². The van der Waals surface area contributed by atoms with Gasteiger partial charge >= 0.3 is 0 Å². The number of benzene rings is 2. The van der Waals surface area contributed by atoms with E-state index in [0.717, 1.165) is 11.4 Å². The summed E-state index contributed by atoms with van der Waals surface area (Å²) < 4.78 is 5.12. The molecular formula is C15H15ClN2O2. The van der Waals surface area contributed by atoms with Crippen molar-refractivity contribution in [1.29, 1.82) is 0 Å². The number of rotatable bonds is 5. The maximum Gasteiger partial charge on any atom is 0.243 e.